The van der Waals surface area contributed by atoms with Crippen LogP contribution in [-0.2, 0) is 4.74 Å². The molecule has 3 rings (SSSR count). The van der Waals surface area contributed by atoms with E-state index in [1.165, 1.54) is 51.5 Å². The van der Waals surface area contributed by atoms with Crippen LogP contribution >= 0.6 is 0 Å². The lowest BCUT2D eigenvalue weighted by Gasteiger charge is -2.48. The van der Waals surface area contributed by atoms with Crippen molar-refractivity contribution in [3.63, 3.8) is 0 Å². The zero-order valence-electron chi connectivity index (χ0n) is 11.5. The Morgan fingerprint density at radius 3 is 2.72 bits per heavy atom. The third-order valence-corrected chi connectivity index (χ3v) is 5.46. The number of hydrogen-bond donors (Lipinski definition) is 1. The summed E-state index contributed by atoms with van der Waals surface area (Å²) in [5, 5.41) is 0. The van der Waals surface area contributed by atoms with E-state index in [-0.39, 0.29) is 0 Å². The van der Waals surface area contributed by atoms with Crippen LogP contribution in [0.15, 0.2) is 0 Å². The molecular formula is C15H28N2O. The van der Waals surface area contributed by atoms with Crippen molar-refractivity contribution in [3.05, 3.63) is 0 Å². The third kappa shape index (κ3) is 2.45. The highest BCUT2D eigenvalue weighted by molar-refractivity contribution is 4.93. The minimum atomic E-state index is 0.582. The van der Waals surface area contributed by atoms with Crippen LogP contribution in [0.1, 0.15) is 44.9 Å². The zero-order chi connectivity index (χ0) is 12.4. The molecule has 3 fully saturated rings. The number of piperidine rings is 1. The molecule has 104 valence electrons. The maximum Gasteiger partial charge on any atom is 0.0510 e. The summed E-state index contributed by atoms with van der Waals surface area (Å²) < 4.78 is 5.58. The molecule has 0 aromatic carbocycles. The molecule has 3 heteroatoms. The van der Waals surface area contributed by atoms with E-state index in [0.717, 1.165) is 31.7 Å². The predicted octanol–water partition coefficient (Wildman–Crippen LogP) is 2.00. The Morgan fingerprint density at radius 1 is 1.11 bits per heavy atom. The smallest absolute Gasteiger partial charge is 0.0510 e. The van der Waals surface area contributed by atoms with Crippen molar-refractivity contribution in [2.75, 3.05) is 26.3 Å². The van der Waals surface area contributed by atoms with E-state index >= 15 is 0 Å². The first-order valence-electron chi connectivity index (χ1n) is 7.93. The van der Waals surface area contributed by atoms with Gasteiger partial charge in [-0.05, 0) is 44.6 Å². The van der Waals surface area contributed by atoms with Crippen LogP contribution in [0.3, 0.4) is 0 Å². The zero-order valence-corrected chi connectivity index (χ0v) is 11.5. The molecule has 4 unspecified atom stereocenters. The monoisotopic (exact) mass is 252 g/mol. The van der Waals surface area contributed by atoms with Crippen LogP contribution in [0.25, 0.3) is 0 Å². The molecule has 0 bridgehead atoms. The van der Waals surface area contributed by atoms with Gasteiger partial charge in [-0.1, -0.05) is 12.8 Å². The molecule has 2 N–H and O–H groups in total. The highest BCUT2D eigenvalue weighted by Gasteiger charge is 2.39. The van der Waals surface area contributed by atoms with Gasteiger partial charge in [-0.2, -0.15) is 0 Å². The fraction of sp³-hybridized carbons (Fsp3) is 1.00. The van der Waals surface area contributed by atoms with Crippen molar-refractivity contribution in [3.8, 4) is 0 Å². The second-order valence-electron chi connectivity index (χ2n) is 6.42. The topological polar surface area (TPSA) is 38.5 Å². The van der Waals surface area contributed by atoms with Gasteiger partial charge in [-0.3, -0.25) is 4.90 Å². The molecule has 3 nitrogen and oxygen atoms in total. The summed E-state index contributed by atoms with van der Waals surface area (Å²) in [7, 11) is 0. The third-order valence-electron chi connectivity index (χ3n) is 5.46. The predicted molar refractivity (Wildman–Crippen MR) is 73.5 cm³/mol. The van der Waals surface area contributed by atoms with Gasteiger partial charge in [0.15, 0.2) is 0 Å². The van der Waals surface area contributed by atoms with E-state index in [4.69, 9.17) is 10.5 Å². The van der Waals surface area contributed by atoms with Gasteiger partial charge >= 0.3 is 0 Å². The fourth-order valence-electron chi connectivity index (χ4n) is 4.53. The lowest BCUT2D eigenvalue weighted by Crippen LogP contribution is -2.56. The van der Waals surface area contributed by atoms with Crippen molar-refractivity contribution in [2.24, 2.45) is 17.6 Å². The lowest BCUT2D eigenvalue weighted by molar-refractivity contribution is 0.00583. The number of likely N-dealkylation sites (tertiary alicyclic amines) is 1. The van der Waals surface area contributed by atoms with Crippen LogP contribution in [0.5, 0.6) is 0 Å². The second-order valence-corrected chi connectivity index (χ2v) is 6.42. The minimum absolute atomic E-state index is 0.582. The quantitative estimate of drug-likeness (QED) is 0.835. The van der Waals surface area contributed by atoms with Crippen LogP contribution in [0.2, 0.25) is 0 Å². The number of nitrogens with zero attached hydrogens (tertiary/aromatic N) is 1. The molecule has 3 aliphatic rings. The molecular weight excluding hydrogens is 224 g/mol. The summed E-state index contributed by atoms with van der Waals surface area (Å²) in [4.78, 5) is 2.78. The molecule has 4 atom stereocenters. The molecule has 2 aliphatic heterocycles. The lowest BCUT2D eigenvalue weighted by atomic mass is 9.77. The molecule has 1 aliphatic carbocycles. The standard InChI is InChI=1S/C15H28N2O/c16-10-15(13-7-9-18-11-13)17-8-3-5-12-4-1-2-6-14(12)17/h12-15H,1-11,16H2. The molecule has 1 saturated carbocycles. The Morgan fingerprint density at radius 2 is 1.94 bits per heavy atom. The van der Waals surface area contributed by atoms with Crippen molar-refractivity contribution in [1.82, 2.24) is 4.90 Å². The second kappa shape index (κ2) is 5.89. The van der Waals surface area contributed by atoms with Gasteiger partial charge in [-0.25, -0.2) is 0 Å². The van der Waals surface area contributed by atoms with E-state index in [9.17, 15) is 0 Å². The fourth-order valence-corrected chi connectivity index (χ4v) is 4.53. The first kappa shape index (κ1) is 12.9. The molecule has 18 heavy (non-hydrogen) atoms. The Balaban J connectivity index is 1.71. The van der Waals surface area contributed by atoms with Gasteiger partial charge in [0, 0.05) is 31.2 Å². The number of hydrogen-bond acceptors (Lipinski definition) is 3. The first-order valence-corrected chi connectivity index (χ1v) is 7.93. The highest BCUT2D eigenvalue weighted by atomic mass is 16.5. The normalized spacial score (nSPS) is 39.5. The molecule has 0 aromatic heterocycles. The number of ether oxygens (including phenoxy) is 1. The van der Waals surface area contributed by atoms with Crippen molar-refractivity contribution in [2.45, 2.75) is 57.0 Å². The van der Waals surface area contributed by atoms with Gasteiger partial charge < -0.3 is 10.5 Å². The van der Waals surface area contributed by atoms with Crippen LogP contribution in [0.4, 0.5) is 0 Å². The van der Waals surface area contributed by atoms with E-state index in [0.29, 0.717) is 12.0 Å². The van der Waals surface area contributed by atoms with Gasteiger partial charge in [0.1, 0.15) is 0 Å². The summed E-state index contributed by atoms with van der Waals surface area (Å²) in [6.07, 6.45) is 9.81. The van der Waals surface area contributed by atoms with E-state index < -0.39 is 0 Å². The number of rotatable bonds is 3. The summed E-state index contributed by atoms with van der Waals surface area (Å²) in [6, 6.07) is 1.42. The van der Waals surface area contributed by atoms with Crippen molar-refractivity contribution >= 4 is 0 Å². The Bertz CT molecular complexity index is 263. The highest BCUT2D eigenvalue weighted by Crippen LogP contribution is 2.37. The largest absolute Gasteiger partial charge is 0.381 e. The van der Waals surface area contributed by atoms with Crippen LogP contribution in [0, 0.1) is 11.8 Å². The Kier molecular flexibility index (Phi) is 4.22. The molecule has 0 aromatic rings. The minimum Gasteiger partial charge on any atom is -0.381 e. The van der Waals surface area contributed by atoms with Crippen LogP contribution < -0.4 is 5.73 Å². The van der Waals surface area contributed by atoms with Gasteiger partial charge in [0.2, 0.25) is 0 Å². The summed E-state index contributed by atoms with van der Waals surface area (Å²) in [5.74, 6) is 1.65. The Labute approximate surface area is 111 Å². The number of fused-ring (bicyclic) bond motifs is 1. The van der Waals surface area contributed by atoms with E-state index in [2.05, 4.69) is 4.90 Å². The average Bonchev–Trinajstić information content (AvgIpc) is 2.94. The summed E-state index contributed by atoms with van der Waals surface area (Å²) in [5.41, 5.74) is 6.11. The van der Waals surface area contributed by atoms with Crippen molar-refractivity contribution < 1.29 is 4.74 Å². The average molecular weight is 252 g/mol. The maximum absolute atomic E-state index is 6.11. The first-order chi connectivity index (χ1) is 8.90. The van der Waals surface area contributed by atoms with Crippen LogP contribution in [-0.4, -0.2) is 43.3 Å². The molecule has 0 spiro atoms. The molecule has 2 heterocycles. The molecule has 0 radical (unpaired) electrons. The number of nitrogens with two attached hydrogens (primary N) is 1. The van der Waals surface area contributed by atoms with Gasteiger partial charge in [0.25, 0.3) is 0 Å². The summed E-state index contributed by atoms with van der Waals surface area (Å²) in [6.45, 7) is 3.98. The Hall–Kier alpha value is -0.120. The van der Waals surface area contributed by atoms with Gasteiger partial charge in [-0.15, -0.1) is 0 Å². The SMILES string of the molecule is NCC(C1CCOC1)N1CCCC2CCCCC21. The maximum atomic E-state index is 6.11. The summed E-state index contributed by atoms with van der Waals surface area (Å²) >= 11 is 0. The molecule has 2 saturated heterocycles. The van der Waals surface area contributed by atoms with Crippen molar-refractivity contribution in [1.29, 1.82) is 0 Å². The van der Waals surface area contributed by atoms with Gasteiger partial charge in [0.05, 0.1) is 6.61 Å². The molecule has 0 amide bonds. The van der Waals surface area contributed by atoms with E-state index in [1.807, 2.05) is 0 Å². The van der Waals surface area contributed by atoms with E-state index in [1.54, 1.807) is 0 Å².